The second kappa shape index (κ2) is 8.52. The first-order valence-corrected chi connectivity index (χ1v) is 6.26. The van der Waals surface area contributed by atoms with Gasteiger partial charge < -0.3 is 14.6 Å². The quantitative estimate of drug-likeness (QED) is 0.634. The van der Waals surface area contributed by atoms with Gasteiger partial charge in [-0.3, -0.25) is 0 Å². The zero-order chi connectivity index (χ0) is 14.1. The third-order valence-electron chi connectivity index (χ3n) is 2.14. The van der Waals surface area contributed by atoms with Crippen molar-refractivity contribution in [1.82, 2.24) is 0 Å². The molecule has 0 saturated carbocycles. The second-order valence-corrected chi connectivity index (χ2v) is 4.22. The van der Waals surface area contributed by atoms with Crippen LogP contribution in [0.25, 0.3) is 0 Å². The highest BCUT2D eigenvalue weighted by atomic mass is 19.1. The van der Waals surface area contributed by atoms with Gasteiger partial charge in [0.25, 0.3) is 0 Å². The molecule has 0 saturated heterocycles. The molecule has 4 heteroatoms. The average Bonchev–Trinajstić information content (AvgIpc) is 2.34. The largest absolute Gasteiger partial charge is 0.491 e. The summed E-state index contributed by atoms with van der Waals surface area (Å²) in [4.78, 5) is 0. The minimum atomic E-state index is -0.393. The molecular formula is C15H19FO3. The SMILES string of the molecule is CC(C)OCCOc1cc(F)cc(C#CCCO)c1. The van der Waals surface area contributed by atoms with E-state index in [4.69, 9.17) is 14.6 Å². The third-order valence-corrected chi connectivity index (χ3v) is 2.14. The fourth-order valence-electron chi connectivity index (χ4n) is 1.38. The van der Waals surface area contributed by atoms with Crippen molar-refractivity contribution in [3.8, 4) is 17.6 Å². The zero-order valence-corrected chi connectivity index (χ0v) is 11.3. The second-order valence-electron chi connectivity index (χ2n) is 4.22. The molecule has 0 spiro atoms. The molecule has 0 aliphatic rings. The van der Waals surface area contributed by atoms with Crippen LogP contribution in [-0.4, -0.2) is 31.0 Å². The summed E-state index contributed by atoms with van der Waals surface area (Å²) in [5.74, 6) is 5.55. The summed E-state index contributed by atoms with van der Waals surface area (Å²) in [7, 11) is 0. The van der Waals surface area contributed by atoms with Crippen molar-refractivity contribution in [3.63, 3.8) is 0 Å². The van der Waals surface area contributed by atoms with Gasteiger partial charge in [-0.15, -0.1) is 0 Å². The minimum Gasteiger partial charge on any atom is -0.491 e. The van der Waals surface area contributed by atoms with Crippen LogP contribution in [-0.2, 0) is 4.74 Å². The van der Waals surface area contributed by atoms with E-state index in [2.05, 4.69) is 11.8 Å². The van der Waals surface area contributed by atoms with Crippen LogP contribution in [0.4, 0.5) is 4.39 Å². The number of ether oxygens (including phenoxy) is 2. The molecule has 1 rings (SSSR count). The Morgan fingerprint density at radius 2 is 2.05 bits per heavy atom. The predicted octanol–water partition coefficient (Wildman–Crippen LogP) is 2.36. The van der Waals surface area contributed by atoms with Gasteiger partial charge >= 0.3 is 0 Å². The molecule has 104 valence electrons. The van der Waals surface area contributed by atoms with Crippen LogP contribution >= 0.6 is 0 Å². The first-order valence-electron chi connectivity index (χ1n) is 6.26. The van der Waals surface area contributed by atoms with Gasteiger partial charge in [0, 0.05) is 18.1 Å². The summed E-state index contributed by atoms with van der Waals surface area (Å²) in [5.41, 5.74) is 0.535. The summed E-state index contributed by atoms with van der Waals surface area (Å²) in [6, 6.07) is 4.32. The van der Waals surface area contributed by atoms with Gasteiger partial charge in [-0.1, -0.05) is 11.8 Å². The van der Waals surface area contributed by atoms with Gasteiger partial charge in [0.05, 0.1) is 19.3 Å². The summed E-state index contributed by atoms with van der Waals surface area (Å²) in [5, 5.41) is 8.63. The Morgan fingerprint density at radius 3 is 2.74 bits per heavy atom. The molecule has 0 aliphatic heterocycles. The molecule has 0 bridgehead atoms. The minimum absolute atomic E-state index is 0.00177. The molecule has 3 nitrogen and oxygen atoms in total. The number of hydrogen-bond acceptors (Lipinski definition) is 3. The number of rotatable bonds is 6. The smallest absolute Gasteiger partial charge is 0.128 e. The van der Waals surface area contributed by atoms with Crippen molar-refractivity contribution in [1.29, 1.82) is 0 Å². The first-order chi connectivity index (χ1) is 9.11. The molecule has 1 N–H and O–H groups in total. The molecule has 1 aromatic carbocycles. The van der Waals surface area contributed by atoms with Crippen LogP contribution in [0.15, 0.2) is 18.2 Å². The van der Waals surface area contributed by atoms with E-state index in [1.54, 1.807) is 6.07 Å². The lowest BCUT2D eigenvalue weighted by molar-refractivity contribution is 0.0552. The maximum Gasteiger partial charge on any atom is 0.128 e. The molecule has 0 unspecified atom stereocenters. The van der Waals surface area contributed by atoms with Crippen molar-refractivity contribution in [2.45, 2.75) is 26.4 Å². The molecule has 0 amide bonds. The van der Waals surface area contributed by atoms with Crippen molar-refractivity contribution >= 4 is 0 Å². The highest BCUT2D eigenvalue weighted by Crippen LogP contribution is 2.15. The lowest BCUT2D eigenvalue weighted by Gasteiger charge is -2.09. The van der Waals surface area contributed by atoms with E-state index in [0.717, 1.165) is 0 Å². The lowest BCUT2D eigenvalue weighted by atomic mass is 10.2. The van der Waals surface area contributed by atoms with Gasteiger partial charge in [-0.25, -0.2) is 4.39 Å². The van der Waals surface area contributed by atoms with Gasteiger partial charge in [0.1, 0.15) is 18.2 Å². The molecule has 1 aromatic rings. The van der Waals surface area contributed by atoms with Gasteiger partial charge in [0.15, 0.2) is 0 Å². The van der Waals surface area contributed by atoms with Crippen LogP contribution < -0.4 is 4.74 Å². The Bertz CT molecular complexity index is 446. The molecule has 0 heterocycles. The Balaban J connectivity index is 2.56. The number of benzene rings is 1. The van der Waals surface area contributed by atoms with Crippen LogP contribution in [0.5, 0.6) is 5.75 Å². The van der Waals surface area contributed by atoms with Gasteiger partial charge in [0.2, 0.25) is 0 Å². The van der Waals surface area contributed by atoms with Gasteiger partial charge in [-0.2, -0.15) is 0 Å². The fourth-order valence-corrected chi connectivity index (χ4v) is 1.38. The Hall–Kier alpha value is -1.57. The molecule has 0 radical (unpaired) electrons. The third kappa shape index (κ3) is 6.80. The van der Waals surface area contributed by atoms with Crippen LogP contribution in [0.2, 0.25) is 0 Å². The van der Waals surface area contributed by atoms with E-state index in [9.17, 15) is 4.39 Å². The van der Waals surface area contributed by atoms with Crippen molar-refractivity contribution in [2.24, 2.45) is 0 Å². The Morgan fingerprint density at radius 1 is 1.26 bits per heavy atom. The number of aliphatic hydroxyl groups is 1. The molecule has 19 heavy (non-hydrogen) atoms. The molecule has 0 aromatic heterocycles. The van der Waals surface area contributed by atoms with Crippen molar-refractivity contribution in [2.75, 3.05) is 19.8 Å². The first kappa shape index (κ1) is 15.5. The Labute approximate surface area is 113 Å². The Kier molecular flexibility index (Phi) is 6.94. The standard InChI is InChI=1S/C15H19FO3/c1-12(2)18-7-8-19-15-10-13(5-3-4-6-17)9-14(16)11-15/h9-12,17H,4,6-8H2,1-2H3. The number of aliphatic hydroxyl groups excluding tert-OH is 1. The van der Waals surface area contributed by atoms with E-state index < -0.39 is 5.82 Å². The van der Waals surface area contributed by atoms with Crippen LogP contribution in [0.1, 0.15) is 25.8 Å². The van der Waals surface area contributed by atoms with E-state index in [1.807, 2.05) is 13.8 Å². The maximum atomic E-state index is 13.3. The van der Waals surface area contributed by atoms with E-state index in [-0.39, 0.29) is 12.7 Å². The normalized spacial score (nSPS) is 10.2. The molecular weight excluding hydrogens is 247 g/mol. The zero-order valence-electron chi connectivity index (χ0n) is 11.3. The summed E-state index contributed by atoms with van der Waals surface area (Å²) in [6.07, 6.45) is 0.519. The van der Waals surface area contributed by atoms with Crippen LogP contribution in [0.3, 0.4) is 0 Å². The van der Waals surface area contributed by atoms with Crippen molar-refractivity contribution in [3.05, 3.63) is 29.6 Å². The average molecular weight is 266 g/mol. The monoisotopic (exact) mass is 266 g/mol. The van der Waals surface area contributed by atoms with E-state index in [0.29, 0.717) is 30.9 Å². The van der Waals surface area contributed by atoms with Gasteiger partial charge in [-0.05, 0) is 26.0 Å². The lowest BCUT2D eigenvalue weighted by Crippen LogP contribution is -2.11. The fraction of sp³-hybridized carbons (Fsp3) is 0.467. The number of halogens is 1. The summed E-state index contributed by atoms with van der Waals surface area (Å²) >= 11 is 0. The maximum absolute atomic E-state index is 13.3. The summed E-state index contributed by atoms with van der Waals surface area (Å²) < 4.78 is 24.1. The predicted molar refractivity (Wildman–Crippen MR) is 71.6 cm³/mol. The summed E-state index contributed by atoms with van der Waals surface area (Å²) in [6.45, 7) is 4.71. The highest BCUT2D eigenvalue weighted by Gasteiger charge is 2.01. The van der Waals surface area contributed by atoms with E-state index in [1.165, 1.54) is 12.1 Å². The highest BCUT2D eigenvalue weighted by molar-refractivity contribution is 5.40. The molecule has 0 aliphatic carbocycles. The molecule has 0 fully saturated rings. The van der Waals surface area contributed by atoms with Crippen LogP contribution in [0, 0.1) is 17.7 Å². The topological polar surface area (TPSA) is 38.7 Å². The number of hydrogen-bond donors (Lipinski definition) is 1. The van der Waals surface area contributed by atoms with Crippen molar-refractivity contribution < 1.29 is 19.0 Å². The molecule has 0 atom stereocenters. The van der Waals surface area contributed by atoms with E-state index >= 15 is 0 Å².